The van der Waals surface area contributed by atoms with Gasteiger partial charge in [0, 0.05) is 10.6 Å². The highest BCUT2D eigenvalue weighted by molar-refractivity contribution is 7.98. The van der Waals surface area contributed by atoms with Gasteiger partial charge in [-0.2, -0.15) is 0 Å². The number of nitrogens with one attached hydrogen (secondary N) is 2. The molecule has 0 radical (unpaired) electrons. The number of hydrogen-bond acceptors (Lipinski definition) is 5. The monoisotopic (exact) mass is 484 g/mol. The van der Waals surface area contributed by atoms with Gasteiger partial charge in [0.2, 0.25) is 0 Å². The molecule has 0 spiro atoms. The van der Waals surface area contributed by atoms with E-state index in [2.05, 4.69) is 10.0 Å². The molecule has 3 aromatic rings. The van der Waals surface area contributed by atoms with Crippen molar-refractivity contribution in [2.24, 2.45) is 0 Å². The molecule has 0 bridgehead atoms. The summed E-state index contributed by atoms with van der Waals surface area (Å²) in [5.41, 5.74) is 3.16. The summed E-state index contributed by atoms with van der Waals surface area (Å²) in [6.07, 6.45) is 2.02. The van der Waals surface area contributed by atoms with Gasteiger partial charge in [-0.3, -0.25) is 9.52 Å². The van der Waals surface area contributed by atoms with Crippen LogP contribution in [0.2, 0.25) is 0 Å². The Labute approximate surface area is 199 Å². The van der Waals surface area contributed by atoms with Gasteiger partial charge >= 0.3 is 0 Å². The molecule has 0 saturated carbocycles. The lowest BCUT2D eigenvalue weighted by Gasteiger charge is -2.16. The minimum absolute atomic E-state index is 0.125. The third kappa shape index (κ3) is 6.76. The summed E-state index contributed by atoms with van der Waals surface area (Å²) in [5.74, 6) is 0.199. The predicted octanol–water partition coefficient (Wildman–Crippen LogP) is 5.08. The highest BCUT2D eigenvalue weighted by Gasteiger charge is 2.17. The van der Waals surface area contributed by atoms with Crippen molar-refractivity contribution in [3.63, 3.8) is 0 Å². The van der Waals surface area contributed by atoms with E-state index in [9.17, 15) is 13.2 Å². The van der Waals surface area contributed by atoms with Gasteiger partial charge in [0.25, 0.3) is 15.9 Å². The lowest BCUT2D eigenvalue weighted by Crippen LogP contribution is -2.31. The van der Waals surface area contributed by atoms with Crippen molar-refractivity contribution < 1.29 is 17.9 Å². The Morgan fingerprint density at radius 2 is 1.67 bits per heavy atom. The summed E-state index contributed by atoms with van der Waals surface area (Å²) in [7, 11) is -3.73. The van der Waals surface area contributed by atoms with E-state index < -0.39 is 10.0 Å². The lowest BCUT2D eigenvalue weighted by atomic mass is 10.1. The average molecular weight is 485 g/mol. The van der Waals surface area contributed by atoms with Gasteiger partial charge < -0.3 is 10.1 Å². The van der Waals surface area contributed by atoms with Gasteiger partial charge in [-0.05, 0) is 80.6 Å². The van der Waals surface area contributed by atoms with Gasteiger partial charge in [0.05, 0.1) is 10.9 Å². The van der Waals surface area contributed by atoms with E-state index in [1.807, 2.05) is 56.5 Å². The summed E-state index contributed by atoms with van der Waals surface area (Å²) < 4.78 is 33.6. The number of benzene rings is 3. The average Bonchev–Trinajstić information content (AvgIpc) is 2.79. The maximum absolute atomic E-state index is 12.7. The second-order valence-corrected chi connectivity index (χ2v) is 10.3. The van der Waals surface area contributed by atoms with Crippen LogP contribution < -0.4 is 14.8 Å². The van der Waals surface area contributed by atoms with Crippen molar-refractivity contribution in [3.8, 4) is 5.75 Å². The molecular formula is C25H28N2O4S2. The molecule has 0 aliphatic rings. The fourth-order valence-corrected chi connectivity index (χ4v) is 4.74. The van der Waals surface area contributed by atoms with E-state index in [-0.39, 0.29) is 23.5 Å². The Morgan fingerprint density at radius 3 is 2.27 bits per heavy atom. The van der Waals surface area contributed by atoms with Crippen LogP contribution in [0.4, 0.5) is 5.69 Å². The van der Waals surface area contributed by atoms with E-state index in [1.165, 1.54) is 12.1 Å². The topological polar surface area (TPSA) is 84.5 Å². The molecule has 1 atom stereocenters. The number of aryl methyl sites for hydroxylation is 2. The zero-order chi connectivity index (χ0) is 24.0. The van der Waals surface area contributed by atoms with E-state index in [1.54, 1.807) is 36.9 Å². The first-order valence-electron chi connectivity index (χ1n) is 10.4. The molecule has 0 heterocycles. The van der Waals surface area contributed by atoms with Gasteiger partial charge in [-0.15, -0.1) is 11.8 Å². The van der Waals surface area contributed by atoms with Crippen LogP contribution in [0, 0.1) is 13.8 Å². The van der Waals surface area contributed by atoms with Crippen molar-refractivity contribution in [2.75, 3.05) is 17.6 Å². The zero-order valence-electron chi connectivity index (χ0n) is 19.1. The number of anilines is 1. The molecule has 0 fully saturated rings. The summed E-state index contributed by atoms with van der Waals surface area (Å²) in [6.45, 7) is 5.43. The molecular weight excluding hydrogens is 456 g/mol. The second-order valence-electron chi connectivity index (χ2n) is 7.75. The fourth-order valence-electron chi connectivity index (χ4n) is 3.19. The Kier molecular flexibility index (Phi) is 8.05. The quantitative estimate of drug-likeness (QED) is 0.414. The Morgan fingerprint density at radius 1 is 1.00 bits per heavy atom. The van der Waals surface area contributed by atoms with E-state index in [0.29, 0.717) is 17.0 Å². The first kappa shape index (κ1) is 24.7. The number of carbonyl (C=O) groups is 1. The van der Waals surface area contributed by atoms with Crippen molar-refractivity contribution in [3.05, 3.63) is 83.4 Å². The SMILES string of the molecule is CSc1ccc(C(C)NC(=O)COc2ccc(S(=O)(=O)Nc3ccc(C)cc3)cc2C)cc1. The predicted molar refractivity (Wildman–Crippen MR) is 133 cm³/mol. The molecule has 174 valence electrons. The molecule has 1 amide bonds. The summed E-state index contributed by atoms with van der Waals surface area (Å²) in [6, 6.07) is 19.5. The molecule has 6 nitrogen and oxygen atoms in total. The third-order valence-corrected chi connectivity index (χ3v) is 7.24. The smallest absolute Gasteiger partial charge is 0.261 e. The molecule has 3 rings (SSSR count). The van der Waals surface area contributed by atoms with Gasteiger partial charge in [-0.25, -0.2) is 8.42 Å². The largest absolute Gasteiger partial charge is 0.484 e. The molecule has 0 aliphatic carbocycles. The van der Waals surface area contributed by atoms with E-state index in [4.69, 9.17) is 4.74 Å². The van der Waals surface area contributed by atoms with Crippen molar-refractivity contribution in [2.45, 2.75) is 36.6 Å². The highest BCUT2D eigenvalue weighted by Crippen LogP contribution is 2.24. The van der Waals surface area contributed by atoms with Crippen LogP contribution in [0.1, 0.15) is 29.7 Å². The van der Waals surface area contributed by atoms with Crippen LogP contribution in [0.5, 0.6) is 5.75 Å². The molecule has 3 aromatic carbocycles. The Balaban J connectivity index is 1.59. The van der Waals surface area contributed by atoms with E-state index in [0.717, 1.165) is 16.0 Å². The summed E-state index contributed by atoms with van der Waals surface area (Å²) >= 11 is 1.66. The van der Waals surface area contributed by atoms with Crippen molar-refractivity contribution in [1.29, 1.82) is 0 Å². The fraction of sp³-hybridized carbons (Fsp3) is 0.240. The molecule has 8 heteroatoms. The molecule has 0 saturated heterocycles. The number of hydrogen-bond donors (Lipinski definition) is 2. The number of sulfonamides is 1. The maximum Gasteiger partial charge on any atom is 0.261 e. The first-order chi connectivity index (χ1) is 15.7. The Hall–Kier alpha value is -2.97. The number of rotatable bonds is 9. The van der Waals surface area contributed by atoms with Crippen LogP contribution >= 0.6 is 11.8 Å². The van der Waals surface area contributed by atoms with Crippen LogP contribution in [0.15, 0.2) is 76.5 Å². The molecule has 0 aromatic heterocycles. The maximum atomic E-state index is 12.7. The second kappa shape index (κ2) is 10.8. The standard InChI is InChI=1S/C25H28N2O4S2/c1-17-5-9-21(10-6-17)27-33(29,30)23-13-14-24(18(2)15-23)31-16-25(28)26-19(3)20-7-11-22(32-4)12-8-20/h5-15,19,27H,16H2,1-4H3,(H,26,28). The molecule has 2 N–H and O–H groups in total. The van der Waals surface area contributed by atoms with Crippen molar-refractivity contribution in [1.82, 2.24) is 5.32 Å². The highest BCUT2D eigenvalue weighted by atomic mass is 32.2. The minimum Gasteiger partial charge on any atom is -0.484 e. The third-order valence-electron chi connectivity index (χ3n) is 5.11. The van der Waals surface area contributed by atoms with E-state index >= 15 is 0 Å². The van der Waals surface area contributed by atoms with Crippen LogP contribution in [-0.4, -0.2) is 27.2 Å². The number of thioether (sulfide) groups is 1. The normalized spacial score (nSPS) is 12.1. The van der Waals surface area contributed by atoms with Gasteiger partial charge in [0.15, 0.2) is 6.61 Å². The molecule has 1 unspecified atom stereocenters. The van der Waals surface area contributed by atoms with Crippen LogP contribution in [0.3, 0.4) is 0 Å². The first-order valence-corrected chi connectivity index (χ1v) is 13.1. The number of carbonyl (C=O) groups excluding carboxylic acids is 1. The van der Waals surface area contributed by atoms with Crippen molar-refractivity contribution >= 4 is 33.4 Å². The lowest BCUT2D eigenvalue weighted by molar-refractivity contribution is -0.123. The Bertz CT molecular complexity index is 1210. The number of amides is 1. The van der Waals surface area contributed by atoms with Gasteiger partial charge in [-0.1, -0.05) is 29.8 Å². The summed E-state index contributed by atoms with van der Waals surface area (Å²) in [5, 5.41) is 2.91. The zero-order valence-corrected chi connectivity index (χ0v) is 20.7. The molecule has 33 heavy (non-hydrogen) atoms. The van der Waals surface area contributed by atoms with Gasteiger partial charge in [0.1, 0.15) is 5.75 Å². The minimum atomic E-state index is -3.73. The molecule has 0 aliphatic heterocycles. The number of ether oxygens (including phenoxy) is 1. The van der Waals surface area contributed by atoms with Crippen LogP contribution in [-0.2, 0) is 14.8 Å². The van der Waals surface area contributed by atoms with Crippen LogP contribution in [0.25, 0.3) is 0 Å². The summed E-state index contributed by atoms with van der Waals surface area (Å²) in [4.78, 5) is 13.6.